The monoisotopic (exact) mass is 549 g/mol. The predicted octanol–water partition coefficient (Wildman–Crippen LogP) is 5.39. The van der Waals surface area contributed by atoms with Gasteiger partial charge in [-0.1, -0.05) is 49.4 Å². The van der Waals surface area contributed by atoms with E-state index in [4.69, 9.17) is 9.72 Å². The van der Waals surface area contributed by atoms with Gasteiger partial charge in [-0.05, 0) is 45.0 Å². The van der Waals surface area contributed by atoms with Crippen LogP contribution in [0.5, 0.6) is 11.8 Å². The van der Waals surface area contributed by atoms with E-state index in [0.29, 0.717) is 22.6 Å². The van der Waals surface area contributed by atoms with E-state index in [2.05, 4.69) is 20.5 Å². The molecule has 1 atom stereocenters. The van der Waals surface area contributed by atoms with Crippen molar-refractivity contribution >= 4 is 32.2 Å². The molecule has 9 nitrogen and oxygen atoms in total. The first-order valence-corrected chi connectivity index (χ1v) is 14.5. The summed E-state index contributed by atoms with van der Waals surface area (Å²) < 4.78 is 31.2. The highest BCUT2D eigenvalue weighted by Crippen LogP contribution is 2.51. The number of carbonyl (C=O) groups excluding carboxylic acids is 1. The van der Waals surface area contributed by atoms with E-state index in [0.717, 1.165) is 22.4 Å². The van der Waals surface area contributed by atoms with E-state index in [9.17, 15) is 13.2 Å². The number of nitrogens with one attached hydrogen (secondary N) is 1. The first-order valence-electron chi connectivity index (χ1n) is 12.1. The molecule has 1 N–H and O–H groups in total. The van der Waals surface area contributed by atoms with E-state index in [1.165, 1.54) is 11.3 Å². The maximum absolute atomic E-state index is 13.5. The van der Waals surface area contributed by atoms with Crippen molar-refractivity contribution < 1.29 is 17.9 Å². The number of ether oxygens (including phenoxy) is 1. The van der Waals surface area contributed by atoms with Crippen LogP contribution in [0.4, 0.5) is 5.13 Å². The first-order chi connectivity index (χ1) is 18.0. The molecule has 1 aromatic carbocycles. The highest BCUT2D eigenvalue weighted by molar-refractivity contribution is 7.92. The van der Waals surface area contributed by atoms with Gasteiger partial charge in [-0.3, -0.25) is 4.79 Å². The van der Waals surface area contributed by atoms with Gasteiger partial charge < -0.3 is 10.1 Å². The Bertz CT molecular complexity index is 1620. The highest BCUT2D eigenvalue weighted by Gasteiger charge is 2.45. The molecule has 1 aliphatic rings. The number of benzene rings is 1. The van der Waals surface area contributed by atoms with Crippen molar-refractivity contribution in [3.8, 4) is 23.0 Å². The maximum Gasteiger partial charge on any atom is 0.232 e. The van der Waals surface area contributed by atoms with Gasteiger partial charge in [0.1, 0.15) is 5.51 Å². The van der Waals surface area contributed by atoms with Crippen molar-refractivity contribution in [1.82, 2.24) is 20.2 Å². The molecular formula is C27H27N5O4S2. The SMILES string of the molecule is Cc1ccc2c(n1)Oc1nc(-c3ccc(S(=O)(=O)C(C)C)cc3)ccc1[C@@H]2C(C)(C)C(=O)Nc1nncs1. The molecule has 0 saturated carbocycles. The Morgan fingerprint density at radius 2 is 1.66 bits per heavy atom. The minimum atomic E-state index is -3.38. The first kappa shape index (κ1) is 25.9. The molecule has 0 bridgehead atoms. The van der Waals surface area contributed by atoms with Crippen LogP contribution in [-0.2, 0) is 14.6 Å². The van der Waals surface area contributed by atoms with Crippen molar-refractivity contribution in [3.63, 3.8) is 0 Å². The molecule has 0 unspecified atom stereocenters. The summed E-state index contributed by atoms with van der Waals surface area (Å²) in [5, 5.41) is 10.5. The summed E-state index contributed by atoms with van der Waals surface area (Å²) in [6.45, 7) is 8.93. The molecule has 5 rings (SSSR count). The number of hydrogen-bond acceptors (Lipinski definition) is 9. The Kier molecular flexibility index (Phi) is 6.52. The lowest BCUT2D eigenvalue weighted by molar-refractivity contribution is -0.124. The Labute approximate surface area is 225 Å². The lowest BCUT2D eigenvalue weighted by atomic mass is 9.70. The van der Waals surface area contributed by atoms with Crippen LogP contribution in [0.15, 0.2) is 58.9 Å². The molecule has 4 aromatic rings. The number of aryl methyl sites for hydroxylation is 1. The van der Waals surface area contributed by atoms with Crippen LogP contribution in [0.1, 0.15) is 50.4 Å². The largest absolute Gasteiger partial charge is 0.420 e. The summed E-state index contributed by atoms with van der Waals surface area (Å²) in [7, 11) is -3.38. The van der Waals surface area contributed by atoms with Gasteiger partial charge in [0.15, 0.2) is 9.84 Å². The minimum Gasteiger partial charge on any atom is -0.420 e. The summed E-state index contributed by atoms with van der Waals surface area (Å²) in [6, 6.07) is 14.3. The fourth-order valence-corrected chi connectivity index (χ4v) is 6.00. The van der Waals surface area contributed by atoms with Gasteiger partial charge >= 0.3 is 0 Å². The molecule has 38 heavy (non-hydrogen) atoms. The van der Waals surface area contributed by atoms with E-state index >= 15 is 0 Å². The predicted molar refractivity (Wildman–Crippen MR) is 145 cm³/mol. The zero-order valence-electron chi connectivity index (χ0n) is 21.6. The van der Waals surface area contributed by atoms with Crippen LogP contribution in [0.25, 0.3) is 11.3 Å². The average Bonchev–Trinajstić information content (AvgIpc) is 3.39. The molecule has 0 fully saturated rings. The second kappa shape index (κ2) is 9.55. The number of rotatable bonds is 6. The smallest absolute Gasteiger partial charge is 0.232 e. The number of hydrogen-bond donors (Lipinski definition) is 1. The third-order valence-corrected chi connectivity index (χ3v) is 9.50. The van der Waals surface area contributed by atoms with E-state index in [-0.39, 0.29) is 10.8 Å². The minimum absolute atomic E-state index is 0.218. The van der Waals surface area contributed by atoms with Crippen molar-refractivity contribution in [3.05, 3.63) is 70.9 Å². The topological polar surface area (TPSA) is 124 Å². The Morgan fingerprint density at radius 1 is 1.00 bits per heavy atom. The molecule has 1 aliphatic heterocycles. The summed E-state index contributed by atoms with van der Waals surface area (Å²) in [5.41, 5.74) is 4.31. The van der Waals surface area contributed by atoms with Crippen LogP contribution >= 0.6 is 11.3 Å². The fraction of sp³-hybridized carbons (Fsp3) is 0.296. The Hall–Kier alpha value is -3.70. The molecule has 0 spiro atoms. The van der Waals surface area contributed by atoms with Crippen molar-refractivity contribution in [2.45, 2.75) is 50.7 Å². The maximum atomic E-state index is 13.5. The van der Waals surface area contributed by atoms with E-state index in [1.54, 1.807) is 43.6 Å². The molecule has 3 aromatic heterocycles. The zero-order valence-corrected chi connectivity index (χ0v) is 23.2. The molecule has 196 valence electrons. The van der Waals surface area contributed by atoms with Gasteiger partial charge in [0.2, 0.25) is 22.8 Å². The summed E-state index contributed by atoms with van der Waals surface area (Å²) in [4.78, 5) is 23.1. The molecule has 4 heterocycles. The number of carbonyl (C=O) groups is 1. The third kappa shape index (κ3) is 4.56. The Morgan fingerprint density at radius 3 is 2.29 bits per heavy atom. The molecule has 1 amide bonds. The molecule has 0 saturated heterocycles. The number of amides is 1. The van der Waals surface area contributed by atoms with Gasteiger partial charge in [-0.15, -0.1) is 10.2 Å². The fourth-order valence-electron chi connectivity index (χ4n) is 4.50. The Balaban J connectivity index is 1.55. The lowest BCUT2D eigenvalue weighted by Gasteiger charge is -2.37. The summed E-state index contributed by atoms with van der Waals surface area (Å²) in [6.07, 6.45) is 0. The lowest BCUT2D eigenvalue weighted by Crippen LogP contribution is -2.38. The standard InChI is InChI=1S/C27H27N5O4S2/c1-15(2)38(34,35)18-9-7-17(8-10-18)21-13-12-20-22(27(4,5)25(33)31-26-32-28-14-37-26)19-11-6-16(3)29-23(19)36-24(20)30-21/h6-15,22H,1-5H3,(H,31,32,33)/t22-/m1/s1. The van der Waals surface area contributed by atoms with E-state index in [1.807, 2.05) is 45.0 Å². The quantitative estimate of drug-likeness (QED) is 0.340. The van der Waals surface area contributed by atoms with Gasteiger partial charge in [0.25, 0.3) is 0 Å². The van der Waals surface area contributed by atoms with Crippen molar-refractivity contribution in [1.29, 1.82) is 0 Å². The molecular weight excluding hydrogens is 522 g/mol. The van der Waals surface area contributed by atoms with Crippen LogP contribution in [-0.4, -0.2) is 39.7 Å². The number of sulfone groups is 1. The van der Waals surface area contributed by atoms with Crippen LogP contribution in [0.2, 0.25) is 0 Å². The number of fused-ring (bicyclic) bond motifs is 2. The summed E-state index contributed by atoms with van der Waals surface area (Å²) >= 11 is 1.25. The number of pyridine rings is 2. The second-order valence-electron chi connectivity index (χ2n) is 10.0. The third-order valence-electron chi connectivity index (χ3n) is 6.72. The summed E-state index contributed by atoms with van der Waals surface area (Å²) in [5.74, 6) is 0.142. The van der Waals surface area contributed by atoms with Gasteiger partial charge in [0.05, 0.1) is 21.3 Å². The van der Waals surface area contributed by atoms with Crippen molar-refractivity contribution in [2.75, 3.05) is 5.32 Å². The van der Waals surface area contributed by atoms with Crippen LogP contribution in [0, 0.1) is 12.3 Å². The highest BCUT2D eigenvalue weighted by atomic mass is 32.2. The van der Waals surface area contributed by atoms with Gasteiger partial charge in [-0.25, -0.2) is 18.4 Å². The number of nitrogens with zero attached hydrogens (tertiary/aromatic N) is 4. The van der Waals surface area contributed by atoms with Crippen molar-refractivity contribution in [2.24, 2.45) is 5.41 Å². The molecule has 11 heteroatoms. The van der Waals surface area contributed by atoms with E-state index < -0.39 is 26.4 Å². The second-order valence-corrected chi connectivity index (χ2v) is 13.3. The average molecular weight is 550 g/mol. The van der Waals surface area contributed by atoms with Crippen LogP contribution in [0.3, 0.4) is 0 Å². The van der Waals surface area contributed by atoms with Gasteiger partial charge in [-0.2, -0.15) is 0 Å². The number of aromatic nitrogens is 4. The number of anilines is 1. The zero-order chi connectivity index (χ0) is 27.2. The molecule has 0 aliphatic carbocycles. The normalized spacial score (nSPS) is 14.9. The van der Waals surface area contributed by atoms with Gasteiger partial charge in [0, 0.05) is 28.3 Å². The molecule has 0 radical (unpaired) electrons. The van der Waals surface area contributed by atoms with Crippen LogP contribution < -0.4 is 10.1 Å².